The molecule has 0 spiro atoms. The van der Waals surface area contributed by atoms with Crippen LogP contribution in [0.3, 0.4) is 0 Å². The number of aromatic nitrogens is 2. The van der Waals surface area contributed by atoms with Gasteiger partial charge in [-0.05, 0) is 64.2 Å². The maximum atomic E-state index is 14.0. The van der Waals surface area contributed by atoms with Gasteiger partial charge in [-0.25, -0.2) is 14.8 Å². The minimum absolute atomic E-state index is 0.0309. The van der Waals surface area contributed by atoms with Gasteiger partial charge in [0.15, 0.2) is 6.29 Å². The summed E-state index contributed by atoms with van der Waals surface area (Å²) in [7, 11) is 2.91. The van der Waals surface area contributed by atoms with Crippen LogP contribution in [0.25, 0.3) is 0 Å². The molecule has 0 atom stereocenters. The highest BCUT2D eigenvalue weighted by Crippen LogP contribution is 2.23. The van der Waals surface area contributed by atoms with Crippen LogP contribution in [0.1, 0.15) is 51.3 Å². The Morgan fingerprint density at radius 1 is 1.10 bits per heavy atom. The Kier molecular flexibility index (Phi) is 12.2. The van der Waals surface area contributed by atoms with Crippen molar-refractivity contribution in [1.29, 1.82) is 0 Å². The Morgan fingerprint density at radius 2 is 1.86 bits per heavy atom. The fraction of sp³-hybridized carbons (Fsp3) is 0.586. The number of hydrogen-bond donors (Lipinski definition) is 1. The smallest absolute Gasteiger partial charge is 0.388 e. The maximum absolute atomic E-state index is 14.0. The van der Waals surface area contributed by atoms with E-state index in [4.69, 9.17) is 19.2 Å². The Morgan fingerprint density at radius 3 is 2.50 bits per heavy atom. The second kappa shape index (κ2) is 15.6. The number of hydrogen-bond acceptors (Lipinski definition) is 9. The second-order valence-corrected chi connectivity index (χ2v) is 10.8. The summed E-state index contributed by atoms with van der Waals surface area (Å²) in [4.78, 5) is 38.1. The third-order valence-electron chi connectivity index (χ3n) is 6.41. The molecule has 0 unspecified atom stereocenters. The minimum Gasteiger partial charge on any atom is -0.460 e. The quantitative estimate of drug-likeness (QED) is 0.247. The van der Waals surface area contributed by atoms with Crippen LogP contribution in [-0.4, -0.2) is 85.8 Å². The van der Waals surface area contributed by atoms with Crippen LogP contribution in [-0.2, 0) is 31.8 Å². The topological polar surface area (TPSA) is 115 Å². The van der Waals surface area contributed by atoms with Gasteiger partial charge in [-0.1, -0.05) is 6.07 Å². The molecule has 1 N–H and O–H groups in total. The molecule has 1 aliphatic rings. The Hall–Kier alpha value is -3.58. The van der Waals surface area contributed by atoms with E-state index in [1.807, 2.05) is 6.07 Å². The molecule has 2 aromatic rings. The fourth-order valence-corrected chi connectivity index (χ4v) is 4.43. The third kappa shape index (κ3) is 10.4. The van der Waals surface area contributed by atoms with Gasteiger partial charge in [0.2, 0.25) is 5.88 Å². The second-order valence-electron chi connectivity index (χ2n) is 10.8. The summed E-state index contributed by atoms with van der Waals surface area (Å²) in [6.45, 7) is 3.48. The van der Waals surface area contributed by atoms with E-state index >= 15 is 0 Å². The van der Waals surface area contributed by atoms with Crippen LogP contribution in [0, 0.1) is 0 Å². The number of ether oxygens (including phenoxy) is 4. The van der Waals surface area contributed by atoms with E-state index in [2.05, 4.69) is 21.1 Å². The number of carbonyl (C=O) groups excluding carboxylic acids is 2. The number of esters is 1. The zero-order valence-corrected chi connectivity index (χ0v) is 24.9. The van der Waals surface area contributed by atoms with E-state index in [0.717, 1.165) is 30.9 Å². The molecule has 0 aliphatic carbocycles. The van der Waals surface area contributed by atoms with Crippen LogP contribution >= 0.6 is 0 Å². The maximum Gasteiger partial charge on any atom is 0.388 e. The van der Waals surface area contributed by atoms with Gasteiger partial charge in [-0.3, -0.25) is 9.69 Å². The Labute approximate surface area is 245 Å². The number of aryl methyl sites for hydroxylation is 2. The van der Waals surface area contributed by atoms with Crippen molar-refractivity contribution in [3.8, 4) is 5.88 Å². The summed E-state index contributed by atoms with van der Waals surface area (Å²) in [6.07, 6.45) is 3.69. The zero-order valence-electron chi connectivity index (χ0n) is 24.9. The van der Waals surface area contributed by atoms with Gasteiger partial charge in [0.1, 0.15) is 11.4 Å². The van der Waals surface area contributed by atoms with E-state index < -0.39 is 30.5 Å². The molecule has 0 fully saturated rings. The van der Waals surface area contributed by atoms with Gasteiger partial charge < -0.3 is 29.2 Å². The molecule has 42 heavy (non-hydrogen) atoms. The molecule has 3 heterocycles. The lowest BCUT2D eigenvalue weighted by Gasteiger charge is -2.32. The van der Waals surface area contributed by atoms with Crippen molar-refractivity contribution >= 4 is 23.5 Å². The normalized spacial score (nSPS) is 13.0. The molecule has 1 aliphatic heterocycles. The van der Waals surface area contributed by atoms with Crippen molar-refractivity contribution in [3.05, 3.63) is 41.7 Å². The van der Waals surface area contributed by atoms with Gasteiger partial charge in [-0.15, -0.1) is 0 Å². The number of pyridine rings is 2. The van der Waals surface area contributed by atoms with Crippen molar-refractivity contribution < 1.29 is 37.3 Å². The molecular weight excluding hydrogens is 552 g/mol. The number of amides is 2. The highest BCUT2D eigenvalue weighted by atomic mass is 19.3. The molecule has 232 valence electrons. The molecule has 0 aromatic carbocycles. The summed E-state index contributed by atoms with van der Waals surface area (Å²) < 4.78 is 45.8. The highest BCUT2D eigenvalue weighted by molar-refractivity contribution is 5.92. The summed E-state index contributed by atoms with van der Waals surface area (Å²) >= 11 is 0. The number of alkyl halides is 2. The van der Waals surface area contributed by atoms with Crippen molar-refractivity contribution in [2.45, 2.75) is 71.4 Å². The average molecular weight is 594 g/mol. The Bertz CT molecular complexity index is 1160. The molecule has 3 rings (SSSR count). The molecule has 11 nitrogen and oxygen atoms in total. The lowest BCUT2D eigenvalue weighted by Crippen LogP contribution is -2.48. The number of anilines is 2. The number of halogens is 2. The molecule has 13 heteroatoms. The van der Waals surface area contributed by atoms with E-state index in [-0.39, 0.29) is 31.9 Å². The number of nitrogens with one attached hydrogen (secondary N) is 1. The summed E-state index contributed by atoms with van der Waals surface area (Å²) in [5.41, 5.74) is 1.77. The largest absolute Gasteiger partial charge is 0.460 e. The van der Waals surface area contributed by atoms with E-state index in [1.165, 1.54) is 47.9 Å². The number of methoxy groups -OCH3 is 2. The summed E-state index contributed by atoms with van der Waals surface area (Å²) in [6, 6.07) is 6.38. The van der Waals surface area contributed by atoms with Crippen LogP contribution in [0.5, 0.6) is 5.88 Å². The molecule has 0 radical (unpaired) electrons. The van der Waals surface area contributed by atoms with Crippen molar-refractivity contribution in [2.24, 2.45) is 0 Å². The molecule has 2 amide bonds. The lowest BCUT2D eigenvalue weighted by molar-refractivity contribution is -0.155. The summed E-state index contributed by atoms with van der Waals surface area (Å²) in [5.74, 6) is 0.164. The minimum atomic E-state index is -3.02. The van der Waals surface area contributed by atoms with E-state index in [9.17, 15) is 18.4 Å². The highest BCUT2D eigenvalue weighted by Gasteiger charge is 2.27. The van der Waals surface area contributed by atoms with Gasteiger partial charge in [0.25, 0.3) is 0 Å². The monoisotopic (exact) mass is 593 g/mol. The first kappa shape index (κ1) is 32.9. The lowest BCUT2D eigenvalue weighted by atomic mass is 10.1. The van der Waals surface area contributed by atoms with Crippen LogP contribution < -0.4 is 15.0 Å². The standard InChI is InChI=1S/C29H41F2N5O6/c1-29(2,3)42-24(37)14-17-35(19-25(39-4)40-5)28(38)36(22-12-13-23(33-18-22)41-27(30)31)16-7-9-21-11-10-20-8-6-15-32-26(20)34-21/h10-13,18,25,27H,6-9,14-17,19H2,1-5H3,(H,32,34). The van der Waals surface area contributed by atoms with Gasteiger partial charge in [-0.2, -0.15) is 8.78 Å². The van der Waals surface area contributed by atoms with E-state index in [0.29, 0.717) is 18.5 Å². The predicted molar refractivity (Wildman–Crippen MR) is 153 cm³/mol. The van der Waals surface area contributed by atoms with Crippen molar-refractivity contribution in [1.82, 2.24) is 14.9 Å². The fourth-order valence-electron chi connectivity index (χ4n) is 4.43. The molecule has 0 saturated carbocycles. The van der Waals surface area contributed by atoms with Crippen LogP contribution in [0.15, 0.2) is 30.5 Å². The van der Waals surface area contributed by atoms with Crippen LogP contribution in [0.4, 0.5) is 25.1 Å². The first-order valence-electron chi connectivity index (χ1n) is 14.0. The van der Waals surface area contributed by atoms with Gasteiger partial charge >= 0.3 is 18.6 Å². The first-order chi connectivity index (χ1) is 20.0. The molecule has 2 aromatic heterocycles. The van der Waals surface area contributed by atoms with E-state index in [1.54, 1.807) is 20.8 Å². The first-order valence-corrected chi connectivity index (χ1v) is 14.0. The number of rotatable bonds is 14. The molecule has 0 saturated heterocycles. The number of carbonyl (C=O) groups is 2. The van der Waals surface area contributed by atoms with Crippen LogP contribution in [0.2, 0.25) is 0 Å². The Balaban J connectivity index is 1.81. The number of fused-ring (bicyclic) bond motifs is 1. The number of nitrogens with zero attached hydrogens (tertiary/aromatic N) is 4. The van der Waals surface area contributed by atoms with Crippen molar-refractivity contribution in [2.75, 3.05) is 50.6 Å². The van der Waals surface area contributed by atoms with Gasteiger partial charge in [0.05, 0.1) is 24.8 Å². The summed E-state index contributed by atoms with van der Waals surface area (Å²) in [5, 5.41) is 3.33. The number of urea groups is 1. The molecule has 0 bridgehead atoms. The molecular formula is C29H41F2N5O6. The van der Waals surface area contributed by atoms with Gasteiger partial charge in [0, 0.05) is 45.6 Å². The predicted octanol–water partition coefficient (Wildman–Crippen LogP) is 4.65. The zero-order chi connectivity index (χ0) is 30.7. The third-order valence-corrected chi connectivity index (χ3v) is 6.41. The SMILES string of the molecule is COC(CN(CCC(=O)OC(C)(C)C)C(=O)N(CCCc1ccc2c(n1)NCCC2)c1ccc(OC(F)F)nc1)OC. The van der Waals surface area contributed by atoms with Crippen molar-refractivity contribution in [3.63, 3.8) is 0 Å². The average Bonchev–Trinajstić information content (AvgIpc) is 2.94.